The largest absolute Gasteiger partial charge is 0.269 e. The van der Waals surface area contributed by atoms with Crippen molar-refractivity contribution in [1.29, 1.82) is 0 Å². The molecule has 1 unspecified atom stereocenters. The van der Waals surface area contributed by atoms with E-state index in [1.165, 1.54) is 29.8 Å². The minimum atomic E-state index is 0.0637. The van der Waals surface area contributed by atoms with Crippen LogP contribution >= 0.6 is 11.6 Å². The highest BCUT2D eigenvalue weighted by atomic mass is 35.5. The number of nitrogens with zero attached hydrogens (tertiary/aromatic N) is 2. The second-order valence-electron chi connectivity index (χ2n) is 5.39. The van der Waals surface area contributed by atoms with E-state index in [0.717, 1.165) is 25.3 Å². The molecule has 3 heteroatoms. The third-order valence-corrected chi connectivity index (χ3v) is 3.61. The maximum absolute atomic E-state index is 6.32. The molecule has 0 aromatic carbocycles. The van der Waals surface area contributed by atoms with Gasteiger partial charge in [0.1, 0.15) is 0 Å². The first kappa shape index (κ1) is 15.6. The summed E-state index contributed by atoms with van der Waals surface area (Å²) in [5.74, 6) is 0.766. The average molecular weight is 271 g/mol. The van der Waals surface area contributed by atoms with E-state index in [9.17, 15) is 0 Å². The van der Waals surface area contributed by atoms with Crippen LogP contribution in [-0.2, 0) is 19.4 Å². The molecule has 0 amide bonds. The third kappa shape index (κ3) is 3.74. The van der Waals surface area contributed by atoms with E-state index in [1.807, 2.05) is 0 Å². The number of aryl methyl sites for hydroxylation is 2. The Balaban J connectivity index is 2.90. The van der Waals surface area contributed by atoms with Crippen LogP contribution in [0.2, 0.25) is 0 Å². The second-order valence-corrected chi connectivity index (χ2v) is 6.04. The fourth-order valence-electron chi connectivity index (χ4n) is 2.49. The molecule has 1 heterocycles. The average Bonchev–Trinajstić information content (AvgIpc) is 2.66. The monoisotopic (exact) mass is 270 g/mol. The van der Waals surface area contributed by atoms with E-state index >= 15 is 0 Å². The molecule has 18 heavy (non-hydrogen) atoms. The lowest BCUT2D eigenvalue weighted by Crippen LogP contribution is -2.06. The van der Waals surface area contributed by atoms with Gasteiger partial charge in [-0.25, -0.2) is 0 Å². The molecule has 0 radical (unpaired) electrons. The molecule has 0 spiro atoms. The first-order valence-electron chi connectivity index (χ1n) is 7.23. The van der Waals surface area contributed by atoms with Crippen LogP contribution in [0.4, 0.5) is 0 Å². The van der Waals surface area contributed by atoms with Gasteiger partial charge in [-0.1, -0.05) is 27.7 Å². The lowest BCUT2D eigenvalue weighted by molar-refractivity contribution is 0.479. The maximum Gasteiger partial charge on any atom is 0.0671 e. The highest BCUT2D eigenvalue weighted by Gasteiger charge is 2.18. The predicted molar refractivity (Wildman–Crippen MR) is 79.3 cm³/mol. The quantitative estimate of drug-likeness (QED) is 0.654. The molecule has 1 aromatic heterocycles. The number of halogens is 1. The van der Waals surface area contributed by atoms with Crippen molar-refractivity contribution < 1.29 is 0 Å². The Morgan fingerprint density at radius 3 is 2.28 bits per heavy atom. The first-order valence-corrected chi connectivity index (χ1v) is 7.67. The summed E-state index contributed by atoms with van der Waals surface area (Å²) in [7, 11) is 0. The van der Waals surface area contributed by atoms with E-state index in [4.69, 9.17) is 16.7 Å². The van der Waals surface area contributed by atoms with Gasteiger partial charge in [-0.05, 0) is 38.5 Å². The van der Waals surface area contributed by atoms with Crippen molar-refractivity contribution in [2.75, 3.05) is 0 Å². The van der Waals surface area contributed by atoms with Gasteiger partial charge in [0.05, 0.1) is 11.1 Å². The molecule has 104 valence electrons. The summed E-state index contributed by atoms with van der Waals surface area (Å²) in [6.45, 7) is 12.0. The van der Waals surface area contributed by atoms with Crippen LogP contribution in [-0.4, -0.2) is 9.78 Å². The molecule has 1 atom stereocenters. The van der Waals surface area contributed by atoms with Crippen LogP contribution in [0, 0.1) is 5.92 Å². The molecule has 0 saturated carbocycles. The fourth-order valence-corrected chi connectivity index (χ4v) is 2.74. The predicted octanol–water partition coefficient (Wildman–Crippen LogP) is 4.74. The second kappa shape index (κ2) is 7.18. The van der Waals surface area contributed by atoms with Crippen molar-refractivity contribution in [2.24, 2.45) is 5.92 Å². The Hall–Kier alpha value is -0.500. The van der Waals surface area contributed by atoms with Gasteiger partial charge in [0.2, 0.25) is 0 Å². The van der Waals surface area contributed by atoms with Gasteiger partial charge < -0.3 is 0 Å². The van der Waals surface area contributed by atoms with E-state index in [1.54, 1.807) is 0 Å². The molecular formula is C15H27ClN2. The van der Waals surface area contributed by atoms with Crippen molar-refractivity contribution in [1.82, 2.24) is 9.78 Å². The molecule has 1 rings (SSSR count). The minimum Gasteiger partial charge on any atom is -0.269 e. The van der Waals surface area contributed by atoms with Crippen LogP contribution in [0.1, 0.15) is 69.8 Å². The van der Waals surface area contributed by atoms with Crippen molar-refractivity contribution in [3.05, 3.63) is 17.0 Å². The molecule has 0 bridgehead atoms. The van der Waals surface area contributed by atoms with Gasteiger partial charge in [-0.3, -0.25) is 4.68 Å². The lowest BCUT2D eigenvalue weighted by Gasteiger charge is -2.10. The first-order chi connectivity index (χ1) is 8.51. The van der Waals surface area contributed by atoms with E-state index < -0.39 is 0 Å². The van der Waals surface area contributed by atoms with Crippen LogP contribution in [0.25, 0.3) is 0 Å². The van der Waals surface area contributed by atoms with E-state index in [2.05, 4.69) is 39.3 Å². The number of hydrogen-bond donors (Lipinski definition) is 0. The molecule has 0 aliphatic carbocycles. The van der Waals surface area contributed by atoms with Crippen molar-refractivity contribution in [2.45, 2.75) is 72.2 Å². The third-order valence-electron chi connectivity index (χ3n) is 3.39. The van der Waals surface area contributed by atoms with Crippen LogP contribution in [0.5, 0.6) is 0 Å². The smallest absolute Gasteiger partial charge is 0.0671 e. The van der Waals surface area contributed by atoms with Gasteiger partial charge in [0, 0.05) is 17.8 Å². The molecule has 0 aliphatic rings. The zero-order chi connectivity index (χ0) is 13.7. The Bertz CT molecular complexity index is 367. The number of aromatic nitrogens is 2. The summed E-state index contributed by atoms with van der Waals surface area (Å²) >= 11 is 6.32. The Kier molecular flexibility index (Phi) is 6.20. The van der Waals surface area contributed by atoms with Crippen LogP contribution < -0.4 is 0 Å². The van der Waals surface area contributed by atoms with Gasteiger partial charge in [-0.15, -0.1) is 11.6 Å². The zero-order valence-electron chi connectivity index (χ0n) is 12.5. The summed E-state index contributed by atoms with van der Waals surface area (Å²) in [6.07, 6.45) is 4.44. The Morgan fingerprint density at radius 1 is 1.17 bits per heavy atom. The van der Waals surface area contributed by atoms with Gasteiger partial charge in [0.25, 0.3) is 0 Å². The normalized spacial score (nSPS) is 13.3. The van der Waals surface area contributed by atoms with Crippen LogP contribution in [0.3, 0.4) is 0 Å². The minimum absolute atomic E-state index is 0.0637. The molecular weight excluding hydrogens is 244 g/mol. The fraction of sp³-hybridized carbons (Fsp3) is 0.800. The van der Waals surface area contributed by atoms with Crippen LogP contribution in [0.15, 0.2) is 0 Å². The van der Waals surface area contributed by atoms with Gasteiger partial charge >= 0.3 is 0 Å². The van der Waals surface area contributed by atoms with Crippen molar-refractivity contribution in [3.8, 4) is 0 Å². The maximum atomic E-state index is 6.32. The number of rotatable bonds is 7. The highest BCUT2D eigenvalue weighted by Crippen LogP contribution is 2.28. The summed E-state index contributed by atoms with van der Waals surface area (Å²) < 4.78 is 2.19. The van der Waals surface area contributed by atoms with Crippen molar-refractivity contribution in [3.63, 3.8) is 0 Å². The molecule has 0 saturated heterocycles. The highest BCUT2D eigenvalue weighted by molar-refractivity contribution is 6.20. The lowest BCUT2D eigenvalue weighted by atomic mass is 10.1. The molecule has 0 aliphatic heterocycles. The zero-order valence-corrected chi connectivity index (χ0v) is 13.2. The Morgan fingerprint density at radius 2 is 1.83 bits per heavy atom. The number of hydrogen-bond acceptors (Lipinski definition) is 1. The summed E-state index contributed by atoms with van der Waals surface area (Å²) in [4.78, 5) is 0. The van der Waals surface area contributed by atoms with Gasteiger partial charge in [-0.2, -0.15) is 5.10 Å². The molecule has 2 nitrogen and oxygen atoms in total. The SMILES string of the molecule is CCc1nn(CCCC(C)C)c(CC)c1C(C)Cl. The van der Waals surface area contributed by atoms with E-state index in [0.29, 0.717) is 0 Å². The van der Waals surface area contributed by atoms with Crippen molar-refractivity contribution >= 4 is 11.6 Å². The van der Waals surface area contributed by atoms with E-state index in [-0.39, 0.29) is 5.38 Å². The van der Waals surface area contributed by atoms with Gasteiger partial charge in [0.15, 0.2) is 0 Å². The summed E-state index contributed by atoms with van der Waals surface area (Å²) in [5, 5.41) is 4.81. The topological polar surface area (TPSA) is 17.8 Å². The molecule has 0 N–H and O–H groups in total. The number of alkyl halides is 1. The molecule has 0 fully saturated rings. The summed E-state index contributed by atoms with van der Waals surface area (Å²) in [6, 6.07) is 0. The summed E-state index contributed by atoms with van der Waals surface area (Å²) in [5.41, 5.74) is 3.78. The molecule has 1 aromatic rings. The standard InChI is InChI=1S/C15H27ClN2/c1-6-13-15(12(5)16)14(7-2)18(17-13)10-8-9-11(3)4/h11-12H,6-10H2,1-5H3. The Labute approximate surface area is 117 Å².